The van der Waals surface area contributed by atoms with E-state index in [9.17, 15) is 5.11 Å². The van der Waals surface area contributed by atoms with E-state index in [1.807, 2.05) is 13.8 Å². The molecule has 2 nitrogen and oxygen atoms in total. The van der Waals surface area contributed by atoms with Crippen LogP contribution in [-0.2, 0) is 4.74 Å². The molecule has 0 atom stereocenters. The third-order valence-corrected chi connectivity index (χ3v) is 1.34. The lowest BCUT2D eigenvalue weighted by molar-refractivity contribution is 0.253. The average Bonchev–Trinajstić information content (AvgIpc) is 1.83. The number of hydrogen-bond acceptors (Lipinski definition) is 2. The van der Waals surface area contributed by atoms with Crippen molar-refractivity contribution in [2.75, 3.05) is 6.61 Å². The second-order valence-electron chi connectivity index (χ2n) is 2.24. The molecule has 0 aromatic rings. The lowest BCUT2D eigenvalue weighted by Crippen LogP contribution is -2.02. The summed E-state index contributed by atoms with van der Waals surface area (Å²) in [5.41, 5.74) is 1.70. The summed E-state index contributed by atoms with van der Waals surface area (Å²) in [5.74, 6) is 0.376. The summed E-state index contributed by atoms with van der Waals surface area (Å²) in [6.45, 7) is 4.19. The van der Waals surface area contributed by atoms with Gasteiger partial charge in [-0.2, -0.15) is 0 Å². The normalized spacial score (nSPS) is 19.1. The van der Waals surface area contributed by atoms with Gasteiger partial charge in [0.2, 0.25) is 0 Å². The van der Waals surface area contributed by atoms with Crippen molar-refractivity contribution in [3.05, 3.63) is 23.2 Å². The van der Waals surface area contributed by atoms with Crippen LogP contribution in [0.15, 0.2) is 23.2 Å². The first-order chi connectivity index (χ1) is 4.22. The van der Waals surface area contributed by atoms with E-state index in [0.717, 1.165) is 11.1 Å². The van der Waals surface area contributed by atoms with E-state index >= 15 is 0 Å². The molecular formula is C7H10O2. The summed E-state index contributed by atoms with van der Waals surface area (Å²) in [4.78, 5) is 0. The minimum Gasteiger partial charge on any atom is -0.507 e. The fourth-order valence-corrected chi connectivity index (χ4v) is 0.752. The van der Waals surface area contributed by atoms with E-state index in [1.54, 1.807) is 6.26 Å². The van der Waals surface area contributed by atoms with Crippen molar-refractivity contribution in [3.8, 4) is 0 Å². The van der Waals surface area contributed by atoms with Crippen molar-refractivity contribution in [1.82, 2.24) is 0 Å². The molecule has 0 aliphatic carbocycles. The predicted molar refractivity (Wildman–Crippen MR) is 35.0 cm³/mol. The van der Waals surface area contributed by atoms with Gasteiger partial charge in [0, 0.05) is 11.1 Å². The van der Waals surface area contributed by atoms with Crippen LogP contribution in [0.2, 0.25) is 0 Å². The van der Waals surface area contributed by atoms with Gasteiger partial charge in [-0.05, 0) is 13.8 Å². The second kappa shape index (κ2) is 2.13. The maximum Gasteiger partial charge on any atom is 0.123 e. The first kappa shape index (κ1) is 6.20. The van der Waals surface area contributed by atoms with Gasteiger partial charge in [0.05, 0.1) is 6.26 Å². The Bertz CT molecular complexity index is 177. The quantitative estimate of drug-likeness (QED) is 0.535. The van der Waals surface area contributed by atoms with Crippen LogP contribution >= 0.6 is 0 Å². The molecule has 0 aromatic heterocycles. The van der Waals surface area contributed by atoms with Crippen LogP contribution in [-0.4, -0.2) is 11.7 Å². The van der Waals surface area contributed by atoms with Crippen LogP contribution in [0.25, 0.3) is 0 Å². The van der Waals surface area contributed by atoms with Crippen molar-refractivity contribution >= 4 is 0 Å². The molecule has 2 heteroatoms. The summed E-state index contributed by atoms with van der Waals surface area (Å²) >= 11 is 0. The molecular weight excluding hydrogens is 116 g/mol. The molecule has 0 amide bonds. The van der Waals surface area contributed by atoms with Crippen LogP contribution in [0.5, 0.6) is 0 Å². The number of rotatable bonds is 0. The smallest absolute Gasteiger partial charge is 0.123 e. The molecule has 0 fully saturated rings. The first-order valence-corrected chi connectivity index (χ1v) is 2.89. The highest BCUT2D eigenvalue weighted by Crippen LogP contribution is 2.15. The van der Waals surface area contributed by atoms with E-state index in [1.165, 1.54) is 0 Å². The number of hydrogen-bond donors (Lipinski definition) is 1. The van der Waals surface area contributed by atoms with Gasteiger partial charge in [0.25, 0.3) is 0 Å². The Hall–Kier alpha value is -0.920. The maximum atomic E-state index is 9.18. The molecule has 0 aromatic carbocycles. The second-order valence-corrected chi connectivity index (χ2v) is 2.24. The molecule has 0 saturated carbocycles. The Morgan fingerprint density at radius 2 is 2.22 bits per heavy atom. The monoisotopic (exact) mass is 126 g/mol. The topological polar surface area (TPSA) is 29.5 Å². The highest BCUT2D eigenvalue weighted by Gasteiger charge is 2.07. The largest absolute Gasteiger partial charge is 0.507 e. The molecule has 50 valence electrons. The van der Waals surface area contributed by atoms with Crippen LogP contribution in [0, 0.1) is 0 Å². The Kier molecular flexibility index (Phi) is 1.47. The fraction of sp³-hybridized carbons (Fsp3) is 0.429. The molecule has 0 saturated heterocycles. The molecule has 1 aliphatic rings. The van der Waals surface area contributed by atoms with E-state index in [2.05, 4.69) is 0 Å². The van der Waals surface area contributed by atoms with Crippen molar-refractivity contribution in [2.45, 2.75) is 13.8 Å². The fourth-order valence-electron chi connectivity index (χ4n) is 0.752. The van der Waals surface area contributed by atoms with Gasteiger partial charge >= 0.3 is 0 Å². The van der Waals surface area contributed by atoms with Crippen LogP contribution < -0.4 is 0 Å². The lowest BCUT2D eigenvalue weighted by atomic mass is 10.1. The van der Waals surface area contributed by atoms with Crippen LogP contribution in [0.4, 0.5) is 0 Å². The van der Waals surface area contributed by atoms with E-state index in [0.29, 0.717) is 12.4 Å². The molecule has 0 spiro atoms. The van der Waals surface area contributed by atoms with Crippen LogP contribution in [0.1, 0.15) is 13.8 Å². The molecule has 0 bridgehead atoms. The zero-order valence-electron chi connectivity index (χ0n) is 5.64. The zero-order valence-corrected chi connectivity index (χ0v) is 5.64. The van der Waals surface area contributed by atoms with E-state index in [-0.39, 0.29) is 0 Å². The highest BCUT2D eigenvalue weighted by atomic mass is 16.5. The summed E-state index contributed by atoms with van der Waals surface area (Å²) in [5, 5.41) is 9.18. The first-order valence-electron chi connectivity index (χ1n) is 2.89. The third kappa shape index (κ3) is 1.07. The minimum atomic E-state index is 0.376. The Morgan fingerprint density at radius 3 is 2.67 bits per heavy atom. The van der Waals surface area contributed by atoms with Gasteiger partial charge < -0.3 is 9.84 Å². The predicted octanol–water partition coefficient (Wildman–Crippen LogP) is 1.75. The summed E-state index contributed by atoms with van der Waals surface area (Å²) in [6, 6.07) is 0. The van der Waals surface area contributed by atoms with Gasteiger partial charge in [0.15, 0.2) is 0 Å². The van der Waals surface area contributed by atoms with Gasteiger partial charge in [-0.1, -0.05) is 0 Å². The zero-order chi connectivity index (χ0) is 6.85. The number of ether oxygens (including phenoxy) is 1. The summed E-state index contributed by atoms with van der Waals surface area (Å²) < 4.78 is 4.98. The van der Waals surface area contributed by atoms with Gasteiger partial charge in [0.1, 0.15) is 12.4 Å². The molecule has 1 heterocycles. The molecule has 0 radical (unpaired) electrons. The SMILES string of the molecule is CC1=COCC(C)=C1O. The van der Waals surface area contributed by atoms with Crippen molar-refractivity contribution in [3.63, 3.8) is 0 Å². The molecule has 1 N–H and O–H groups in total. The average molecular weight is 126 g/mol. The van der Waals surface area contributed by atoms with Crippen LogP contribution in [0.3, 0.4) is 0 Å². The van der Waals surface area contributed by atoms with Crippen molar-refractivity contribution in [2.24, 2.45) is 0 Å². The van der Waals surface area contributed by atoms with Crippen molar-refractivity contribution < 1.29 is 9.84 Å². The number of aliphatic hydroxyl groups is 1. The lowest BCUT2D eigenvalue weighted by Gasteiger charge is -2.12. The van der Waals surface area contributed by atoms with E-state index < -0.39 is 0 Å². The van der Waals surface area contributed by atoms with Crippen molar-refractivity contribution in [1.29, 1.82) is 0 Å². The van der Waals surface area contributed by atoms with Gasteiger partial charge in [-0.25, -0.2) is 0 Å². The Labute approximate surface area is 54.5 Å². The number of aliphatic hydroxyl groups excluding tert-OH is 1. The molecule has 9 heavy (non-hydrogen) atoms. The Morgan fingerprint density at radius 1 is 1.56 bits per heavy atom. The van der Waals surface area contributed by atoms with E-state index in [4.69, 9.17) is 4.74 Å². The number of allylic oxidation sites excluding steroid dienone is 1. The third-order valence-electron chi connectivity index (χ3n) is 1.34. The van der Waals surface area contributed by atoms with Gasteiger partial charge in [-0.15, -0.1) is 0 Å². The highest BCUT2D eigenvalue weighted by molar-refractivity contribution is 5.28. The minimum absolute atomic E-state index is 0.376. The maximum absolute atomic E-state index is 9.18. The van der Waals surface area contributed by atoms with Gasteiger partial charge in [-0.3, -0.25) is 0 Å². The molecule has 1 aliphatic heterocycles. The summed E-state index contributed by atoms with van der Waals surface area (Å²) in [7, 11) is 0. The molecule has 1 rings (SSSR count). The molecule has 0 unspecified atom stereocenters. The standard InChI is InChI=1S/C7H10O2/c1-5-3-9-4-6(2)7(5)8/h3,8H,4H2,1-2H3. The summed E-state index contributed by atoms with van der Waals surface area (Å²) in [6.07, 6.45) is 1.57. The Balaban J connectivity index is 2.88.